The molecule has 0 radical (unpaired) electrons. The van der Waals surface area contributed by atoms with E-state index in [4.69, 9.17) is 5.73 Å². The zero-order valence-electron chi connectivity index (χ0n) is 17.6. The molecular formula is C20H26N8O2. The van der Waals surface area contributed by atoms with Crippen molar-refractivity contribution in [3.05, 3.63) is 35.7 Å². The van der Waals surface area contributed by atoms with Crippen molar-refractivity contribution in [2.45, 2.75) is 38.8 Å². The summed E-state index contributed by atoms with van der Waals surface area (Å²) in [6.45, 7) is 6.45. The van der Waals surface area contributed by atoms with Crippen LogP contribution >= 0.6 is 0 Å². The second-order valence-electron chi connectivity index (χ2n) is 8.03. The van der Waals surface area contributed by atoms with Gasteiger partial charge in [-0.15, -0.1) is 0 Å². The Balaban J connectivity index is 1.60. The van der Waals surface area contributed by atoms with Gasteiger partial charge in [-0.3, -0.25) is 9.48 Å². The van der Waals surface area contributed by atoms with Crippen LogP contribution in [0.3, 0.4) is 0 Å². The van der Waals surface area contributed by atoms with Gasteiger partial charge in [-0.1, -0.05) is 0 Å². The Hall–Kier alpha value is -3.27. The molecule has 1 aliphatic rings. The number of piperidine rings is 1. The van der Waals surface area contributed by atoms with Crippen LogP contribution < -0.4 is 5.73 Å². The van der Waals surface area contributed by atoms with Crippen LogP contribution in [0, 0.1) is 13.8 Å². The average Bonchev–Trinajstić information content (AvgIpc) is 3.22. The molecule has 1 amide bonds. The van der Waals surface area contributed by atoms with Gasteiger partial charge in [-0.2, -0.15) is 5.10 Å². The van der Waals surface area contributed by atoms with E-state index in [9.17, 15) is 9.90 Å². The SMILES string of the molecule is Cc1nn(C)c(C)c1/C=C/C(=O)N1CC[C@@](C)(O)[C@H](n2cnc3c(N)ncnc32)C1. The summed E-state index contributed by atoms with van der Waals surface area (Å²) in [6.07, 6.45) is 6.78. The topological polar surface area (TPSA) is 128 Å². The molecule has 3 N–H and O–H groups in total. The van der Waals surface area contributed by atoms with Crippen molar-refractivity contribution < 1.29 is 9.90 Å². The number of imidazole rings is 1. The van der Waals surface area contributed by atoms with Gasteiger partial charge in [0.15, 0.2) is 11.5 Å². The standard InChI is InChI=1S/C20H26N8O2/c1-12-14(13(2)26(4)25-12)5-6-16(29)27-8-7-20(3,30)15(9-27)28-11-24-17-18(21)22-10-23-19(17)28/h5-6,10-11,15,30H,7-9H2,1-4H3,(H2,21,22,23)/b6-5+/t15-,20-/m1/s1. The third-order valence-corrected chi connectivity index (χ3v) is 5.99. The number of carbonyl (C=O) groups excluding carboxylic acids is 1. The van der Waals surface area contributed by atoms with Gasteiger partial charge < -0.3 is 20.3 Å². The number of nitrogen functional groups attached to an aromatic ring is 1. The Kier molecular flexibility index (Phi) is 4.81. The van der Waals surface area contributed by atoms with Crippen molar-refractivity contribution in [3.8, 4) is 0 Å². The molecule has 0 aliphatic carbocycles. The van der Waals surface area contributed by atoms with E-state index >= 15 is 0 Å². The van der Waals surface area contributed by atoms with Crippen LogP contribution in [0.1, 0.15) is 36.3 Å². The molecule has 10 heteroatoms. The first kappa shape index (κ1) is 20.0. The van der Waals surface area contributed by atoms with Gasteiger partial charge in [0.1, 0.15) is 11.8 Å². The molecule has 0 aromatic carbocycles. The molecule has 158 valence electrons. The first-order valence-electron chi connectivity index (χ1n) is 9.81. The van der Waals surface area contributed by atoms with E-state index < -0.39 is 11.6 Å². The maximum absolute atomic E-state index is 12.9. The maximum Gasteiger partial charge on any atom is 0.246 e. The predicted molar refractivity (Wildman–Crippen MR) is 112 cm³/mol. The smallest absolute Gasteiger partial charge is 0.246 e. The molecule has 3 aromatic heterocycles. The van der Waals surface area contributed by atoms with Gasteiger partial charge in [0.05, 0.1) is 23.7 Å². The number of carbonyl (C=O) groups is 1. The lowest BCUT2D eigenvalue weighted by molar-refractivity contribution is -0.132. The van der Waals surface area contributed by atoms with E-state index in [2.05, 4.69) is 20.1 Å². The third-order valence-electron chi connectivity index (χ3n) is 5.99. The zero-order chi connectivity index (χ0) is 21.6. The highest BCUT2D eigenvalue weighted by atomic mass is 16.3. The van der Waals surface area contributed by atoms with E-state index in [1.54, 1.807) is 33.5 Å². The molecule has 0 spiro atoms. The Morgan fingerprint density at radius 3 is 2.80 bits per heavy atom. The Labute approximate surface area is 174 Å². The van der Waals surface area contributed by atoms with Crippen molar-refractivity contribution in [3.63, 3.8) is 0 Å². The van der Waals surface area contributed by atoms with Crippen molar-refractivity contribution >= 4 is 29.0 Å². The summed E-state index contributed by atoms with van der Waals surface area (Å²) >= 11 is 0. The third kappa shape index (κ3) is 3.32. The summed E-state index contributed by atoms with van der Waals surface area (Å²) in [5.41, 5.74) is 8.71. The number of likely N-dealkylation sites (tertiary alicyclic amines) is 1. The molecule has 0 saturated carbocycles. The lowest BCUT2D eigenvalue weighted by Crippen LogP contribution is -2.52. The van der Waals surface area contributed by atoms with Crippen LogP contribution in [0.4, 0.5) is 5.82 Å². The average molecular weight is 410 g/mol. The number of nitrogens with zero attached hydrogens (tertiary/aromatic N) is 7. The van der Waals surface area contributed by atoms with Crippen molar-refractivity contribution in [2.24, 2.45) is 7.05 Å². The fourth-order valence-corrected chi connectivity index (χ4v) is 4.00. The van der Waals surface area contributed by atoms with Crippen LogP contribution in [0.15, 0.2) is 18.7 Å². The molecule has 1 aliphatic heterocycles. The number of rotatable bonds is 3. The molecule has 2 atom stereocenters. The van der Waals surface area contributed by atoms with Crippen molar-refractivity contribution in [1.82, 2.24) is 34.2 Å². The highest BCUT2D eigenvalue weighted by Gasteiger charge is 2.40. The predicted octanol–water partition coefficient (Wildman–Crippen LogP) is 0.997. The quantitative estimate of drug-likeness (QED) is 0.616. The zero-order valence-corrected chi connectivity index (χ0v) is 17.6. The Morgan fingerprint density at radius 2 is 2.10 bits per heavy atom. The molecule has 1 fully saturated rings. The molecular weight excluding hydrogens is 384 g/mol. The van der Waals surface area contributed by atoms with Gasteiger partial charge in [-0.25, -0.2) is 15.0 Å². The van der Waals surface area contributed by atoms with Gasteiger partial charge in [0.25, 0.3) is 0 Å². The number of aryl methyl sites for hydroxylation is 2. The number of hydrogen-bond donors (Lipinski definition) is 2. The molecule has 10 nitrogen and oxygen atoms in total. The summed E-state index contributed by atoms with van der Waals surface area (Å²) in [5, 5.41) is 15.4. The highest BCUT2D eigenvalue weighted by molar-refractivity contribution is 5.92. The van der Waals surface area contributed by atoms with E-state index in [-0.39, 0.29) is 11.7 Å². The number of aliphatic hydroxyl groups is 1. The fourth-order valence-electron chi connectivity index (χ4n) is 4.00. The first-order chi connectivity index (χ1) is 14.2. The number of aromatic nitrogens is 6. The monoisotopic (exact) mass is 410 g/mol. The minimum atomic E-state index is -1.02. The number of hydrogen-bond acceptors (Lipinski definition) is 7. The Bertz CT molecular complexity index is 1140. The molecule has 4 heterocycles. The fraction of sp³-hybridized carbons (Fsp3) is 0.450. The highest BCUT2D eigenvalue weighted by Crippen LogP contribution is 2.34. The maximum atomic E-state index is 12.9. The summed E-state index contributed by atoms with van der Waals surface area (Å²) in [7, 11) is 1.88. The van der Waals surface area contributed by atoms with Gasteiger partial charge >= 0.3 is 0 Å². The number of amides is 1. The van der Waals surface area contributed by atoms with Gasteiger partial charge in [0.2, 0.25) is 5.91 Å². The summed E-state index contributed by atoms with van der Waals surface area (Å²) in [5.74, 6) is 0.170. The summed E-state index contributed by atoms with van der Waals surface area (Å²) < 4.78 is 3.58. The van der Waals surface area contributed by atoms with Crippen molar-refractivity contribution in [2.75, 3.05) is 18.8 Å². The number of fused-ring (bicyclic) bond motifs is 1. The minimum Gasteiger partial charge on any atom is -0.388 e. The molecule has 0 unspecified atom stereocenters. The van der Waals surface area contributed by atoms with Crippen LogP contribution in [-0.2, 0) is 11.8 Å². The van der Waals surface area contributed by atoms with E-state index in [1.165, 1.54) is 6.33 Å². The largest absolute Gasteiger partial charge is 0.388 e. The van der Waals surface area contributed by atoms with E-state index in [0.717, 1.165) is 17.0 Å². The van der Waals surface area contributed by atoms with Crippen LogP contribution in [0.2, 0.25) is 0 Å². The minimum absolute atomic E-state index is 0.114. The molecule has 4 rings (SSSR count). The lowest BCUT2D eigenvalue weighted by atomic mass is 9.88. The summed E-state index contributed by atoms with van der Waals surface area (Å²) in [4.78, 5) is 27.2. The van der Waals surface area contributed by atoms with Gasteiger partial charge in [0, 0.05) is 37.5 Å². The van der Waals surface area contributed by atoms with Crippen molar-refractivity contribution in [1.29, 1.82) is 0 Å². The van der Waals surface area contributed by atoms with E-state index in [1.807, 2.05) is 27.0 Å². The molecule has 1 saturated heterocycles. The number of nitrogens with two attached hydrogens (primary N) is 1. The van der Waals surface area contributed by atoms with Crippen LogP contribution in [-0.4, -0.2) is 63.9 Å². The molecule has 30 heavy (non-hydrogen) atoms. The molecule has 0 bridgehead atoms. The molecule has 3 aromatic rings. The first-order valence-corrected chi connectivity index (χ1v) is 9.81. The second kappa shape index (κ2) is 7.21. The lowest BCUT2D eigenvalue weighted by Gasteiger charge is -2.42. The Morgan fingerprint density at radius 1 is 1.33 bits per heavy atom. The number of anilines is 1. The summed E-state index contributed by atoms with van der Waals surface area (Å²) in [6, 6.07) is -0.412. The normalized spacial score (nSPS) is 22.3. The second-order valence-corrected chi connectivity index (χ2v) is 8.03. The van der Waals surface area contributed by atoms with Crippen LogP contribution in [0.25, 0.3) is 17.2 Å². The van der Waals surface area contributed by atoms with Crippen LogP contribution in [0.5, 0.6) is 0 Å². The van der Waals surface area contributed by atoms with Gasteiger partial charge in [-0.05, 0) is 33.3 Å². The van der Waals surface area contributed by atoms with E-state index in [0.29, 0.717) is 30.7 Å².